The summed E-state index contributed by atoms with van der Waals surface area (Å²) in [4.78, 5) is 69.2. The van der Waals surface area contributed by atoms with Crippen LogP contribution in [0.1, 0.15) is 100 Å². The molecule has 11 nitrogen and oxygen atoms in total. The second-order valence-electron chi connectivity index (χ2n) is 16.4. The molecule has 2 aliphatic carbocycles. The van der Waals surface area contributed by atoms with E-state index in [2.05, 4.69) is 33.8 Å². The number of amides is 5. The van der Waals surface area contributed by atoms with Crippen molar-refractivity contribution in [3.63, 3.8) is 0 Å². The van der Waals surface area contributed by atoms with Crippen molar-refractivity contribution in [1.29, 1.82) is 0 Å². The maximum atomic E-state index is 14.4. The fraction of sp³-hybridized carbons (Fsp3) is 0.750. The number of nitrogens with one attached hydrogen (secondary N) is 4. The smallest absolute Gasteiger partial charge is 0.315 e. The van der Waals surface area contributed by atoms with Crippen LogP contribution in [0.15, 0.2) is 12.7 Å². The molecule has 12 heteroatoms. The van der Waals surface area contributed by atoms with Gasteiger partial charge in [-0.1, -0.05) is 60.0 Å². The highest BCUT2D eigenvalue weighted by Crippen LogP contribution is 2.65. The van der Waals surface area contributed by atoms with E-state index in [0.717, 1.165) is 19.3 Å². The highest BCUT2D eigenvalue weighted by atomic mass is 32.2. The lowest BCUT2D eigenvalue weighted by Crippen LogP contribution is -2.64. The number of piperidine rings is 1. The standard InChI is InChI=1S/C36H57N5O6S/c1-11-13-17-24(27(42)30(44)37-20-12-2)38-29(43)26-25-23(35(25,9)10)21-41(26)31(45)28(33(3,4)5)39-32(46)40-36(18-15-14-16-19-36)22-48(47)34(6,7)8/h1,12,23-26,28H,2,13-22H2,3-10H3,(H,37,44)(H,38,43)(H2,39,40,46)/t23-,24?,25-,26-,28+,48?/m0/s1. The molecular weight excluding hydrogens is 630 g/mol. The van der Waals surface area contributed by atoms with E-state index in [-0.39, 0.29) is 36.6 Å². The second-order valence-corrected chi connectivity index (χ2v) is 18.6. The average molecular weight is 688 g/mol. The molecule has 1 saturated heterocycles. The molecule has 3 fully saturated rings. The number of hydrogen-bond acceptors (Lipinski definition) is 6. The predicted octanol–water partition coefficient (Wildman–Crippen LogP) is 3.20. The largest absolute Gasteiger partial charge is 0.346 e. The molecule has 0 aromatic heterocycles. The average Bonchev–Trinajstić information content (AvgIpc) is 3.30. The Balaban J connectivity index is 1.85. The summed E-state index contributed by atoms with van der Waals surface area (Å²) in [5.41, 5.74) is -1.58. The fourth-order valence-electron chi connectivity index (χ4n) is 7.20. The summed E-state index contributed by atoms with van der Waals surface area (Å²) in [6.45, 7) is 19.4. The number of fused-ring (bicyclic) bond motifs is 1. The molecule has 0 spiro atoms. The van der Waals surface area contributed by atoms with Crippen molar-refractivity contribution in [2.24, 2.45) is 22.7 Å². The lowest BCUT2D eigenvalue weighted by Gasteiger charge is -2.41. The van der Waals surface area contributed by atoms with E-state index >= 15 is 0 Å². The minimum atomic E-state index is -1.19. The minimum absolute atomic E-state index is 0.0558. The summed E-state index contributed by atoms with van der Waals surface area (Å²) < 4.78 is 12.8. The Morgan fingerprint density at radius 1 is 1.04 bits per heavy atom. The summed E-state index contributed by atoms with van der Waals surface area (Å²) in [5, 5.41) is 11.3. The molecule has 5 amide bonds. The van der Waals surface area contributed by atoms with E-state index in [0.29, 0.717) is 25.1 Å². The maximum Gasteiger partial charge on any atom is 0.315 e. The van der Waals surface area contributed by atoms with Gasteiger partial charge in [-0.15, -0.1) is 18.9 Å². The first-order valence-corrected chi connectivity index (χ1v) is 18.5. The van der Waals surface area contributed by atoms with Crippen LogP contribution in [0.4, 0.5) is 4.79 Å². The number of ketones is 1. The Labute approximate surface area is 289 Å². The number of nitrogens with zero attached hydrogens (tertiary/aromatic N) is 1. The van der Waals surface area contributed by atoms with E-state index in [1.807, 2.05) is 55.4 Å². The van der Waals surface area contributed by atoms with Crippen molar-refractivity contribution in [2.75, 3.05) is 18.8 Å². The molecule has 268 valence electrons. The van der Waals surface area contributed by atoms with E-state index in [1.165, 1.54) is 11.0 Å². The Kier molecular flexibility index (Phi) is 12.4. The van der Waals surface area contributed by atoms with Crippen molar-refractivity contribution in [3.8, 4) is 12.3 Å². The molecule has 6 atom stereocenters. The van der Waals surface area contributed by atoms with Crippen molar-refractivity contribution in [3.05, 3.63) is 12.7 Å². The topological polar surface area (TPSA) is 154 Å². The van der Waals surface area contributed by atoms with Gasteiger partial charge < -0.3 is 26.2 Å². The summed E-state index contributed by atoms with van der Waals surface area (Å²) >= 11 is 0. The molecular formula is C36H57N5O6S. The van der Waals surface area contributed by atoms with Crippen molar-refractivity contribution in [1.82, 2.24) is 26.2 Å². The van der Waals surface area contributed by atoms with Gasteiger partial charge in [-0.3, -0.25) is 23.4 Å². The third kappa shape index (κ3) is 9.07. The molecule has 1 heterocycles. The van der Waals surface area contributed by atoms with Gasteiger partial charge in [0.2, 0.25) is 17.6 Å². The molecule has 0 aromatic rings. The summed E-state index contributed by atoms with van der Waals surface area (Å²) in [5.74, 6) is 0.0756. The lowest BCUT2D eigenvalue weighted by molar-refractivity contribution is -0.145. The SMILES string of the molecule is C#CCCC(NC(=O)[C@@H]1[C@@H]2[C@H](CN1C(=O)[C@@H](NC(=O)NC1(CS(=O)C(C)(C)C)CCCCC1)C(C)(C)C)C2(C)C)C(=O)C(=O)NCC=C. The van der Waals surface area contributed by atoms with Crippen LogP contribution in [-0.4, -0.2) is 85.9 Å². The van der Waals surface area contributed by atoms with E-state index in [9.17, 15) is 28.2 Å². The van der Waals surface area contributed by atoms with Crippen LogP contribution in [0.3, 0.4) is 0 Å². The van der Waals surface area contributed by atoms with Crippen LogP contribution >= 0.6 is 0 Å². The molecule has 48 heavy (non-hydrogen) atoms. The van der Waals surface area contributed by atoms with Crippen LogP contribution in [0.5, 0.6) is 0 Å². The zero-order valence-corrected chi connectivity index (χ0v) is 30.9. The monoisotopic (exact) mass is 687 g/mol. The van der Waals surface area contributed by atoms with Crippen LogP contribution in [0, 0.1) is 35.0 Å². The highest BCUT2D eigenvalue weighted by Gasteiger charge is 2.70. The quantitative estimate of drug-likeness (QED) is 0.133. The molecule has 4 N–H and O–H groups in total. The van der Waals surface area contributed by atoms with Gasteiger partial charge in [-0.2, -0.15) is 0 Å². The van der Waals surface area contributed by atoms with Crippen LogP contribution < -0.4 is 21.3 Å². The van der Waals surface area contributed by atoms with Crippen LogP contribution in [0.2, 0.25) is 0 Å². The Hall–Kier alpha value is -3.20. The zero-order chi connectivity index (χ0) is 36.2. The summed E-state index contributed by atoms with van der Waals surface area (Å²) in [7, 11) is -1.19. The second kappa shape index (κ2) is 15.1. The normalized spacial score (nSPS) is 24.5. The van der Waals surface area contributed by atoms with Gasteiger partial charge in [0.05, 0.1) is 11.6 Å². The van der Waals surface area contributed by atoms with E-state index in [4.69, 9.17) is 6.42 Å². The molecule has 2 saturated carbocycles. The first kappa shape index (κ1) is 39.2. The van der Waals surface area contributed by atoms with E-state index in [1.54, 1.807) is 0 Å². The highest BCUT2D eigenvalue weighted by molar-refractivity contribution is 7.86. The Bertz CT molecular complexity index is 1330. The van der Waals surface area contributed by atoms with Gasteiger partial charge in [0, 0.05) is 40.8 Å². The summed E-state index contributed by atoms with van der Waals surface area (Å²) in [6.07, 6.45) is 11.4. The number of Topliss-reactive ketones (excluding diaryl/α,β-unsaturated/α-hetero) is 1. The van der Waals surface area contributed by atoms with Crippen LogP contribution in [-0.2, 0) is 30.0 Å². The first-order chi connectivity index (χ1) is 22.2. The van der Waals surface area contributed by atoms with E-state index < -0.39 is 74.2 Å². The van der Waals surface area contributed by atoms with Gasteiger partial charge >= 0.3 is 6.03 Å². The number of terminal acetylenes is 1. The predicted molar refractivity (Wildman–Crippen MR) is 188 cm³/mol. The van der Waals surface area contributed by atoms with Gasteiger partial charge in [0.15, 0.2) is 0 Å². The Morgan fingerprint density at radius 3 is 2.21 bits per heavy atom. The molecule has 3 aliphatic rings. The molecule has 0 radical (unpaired) electrons. The van der Waals surface area contributed by atoms with Crippen molar-refractivity contribution >= 4 is 40.3 Å². The molecule has 3 rings (SSSR count). The number of rotatable bonds is 13. The van der Waals surface area contributed by atoms with Crippen molar-refractivity contribution in [2.45, 2.75) is 129 Å². The zero-order valence-electron chi connectivity index (χ0n) is 30.1. The summed E-state index contributed by atoms with van der Waals surface area (Å²) in [6, 6.07) is -3.55. The number of urea groups is 1. The van der Waals surface area contributed by atoms with Gasteiger partial charge in [0.1, 0.15) is 12.1 Å². The lowest BCUT2D eigenvalue weighted by atomic mass is 9.83. The third-order valence-corrected chi connectivity index (χ3v) is 12.5. The number of carbonyl (C=O) groups is 5. The molecule has 0 bridgehead atoms. The minimum Gasteiger partial charge on any atom is -0.346 e. The molecule has 0 aromatic carbocycles. The number of likely N-dealkylation sites (tertiary alicyclic amines) is 1. The Morgan fingerprint density at radius 2 is 1.67 bits per heavy atom. The van der Waals surface area contributed by atoms with Crippen LogP contribution in [0.25, 0.3) is 0 Å². The fourth-order valence-corrected chi connectivity index (χ4v) is 8.50. The molecule has 2 unspecified atom stereocenters. The van der Waals surface area contributed by atoms with Gasteiger partial charge in [-0.25, -0.2) is 4.79 Å². The number of hydrogen-bond donors (Lipinski definition) is 4. The van der Waals surface area contributed by atoms with Gasteiger partial charge in [-0.05, 0) is 62.7 Å². The van der Waals surface area contributed by atoms with Gasteiger partial charge in [0.25, 0.3) is 5.91 Å². The maximum absolute atomic E-state index is 14.4. The molecule has 1 aliphatic heterocycles. The number of carbonyl (C=O) groups excluding carboxylic acids is 5. The third-order valence-electron chi connectivity index (χ3n) is 10.3. The first-order valence-electron chi connectivity index (χ1n) is 17.1. The van der Waals surface area contributed by atoms with Crippen molar-refractivity contribution < 1.29 is 28.2 Å².